The van der Waals surface area contributed by atoms with Crippen LogP contribution in [0.5, 0.6) is 5.75 Å². The Morgan fingerprint density at radius 2 is 1.97 bits per heavy atom. The van der Waals surface area contributed by atoms with Gasteiger partial charge in [-0.1, -0.05) is 17.7 Å². The molecule has 0 aromatic heterocycles. The Morgan fingerprint density at radius 3 is 2.62 bits per heavy atom. The van der Waals surface area contributed by atoms with Crippen LogP contribution in [-0.2, 0) is 11.3 Å². The highest BCUT2D eigenvalue weighted by Crippen LogP contribution is 2.29. The summed E-state index contributed by atoms with van der Waals surface area (Å²) in [7, 11) is 3.45. The Kier molecular flexibility index (Phi) is 7.93. The molecule has 0 saturated heterocycles. The minimum Gasteiger partial charge on any atom is -0.507 e. The molecule has 3 N–H and O–H groups in total. The standard InChI is InChI=1S/C19H21ClN4O5/c1-21-7-8-24(2)19(28)29-11-12-3-5-16(15(20)9-12)23-22-13-4-6-17(25)14(10-13)18(26)27/h3-6,9-10,21,25H,7-8,11H2,1-2H3,(H,26,27). The quantitative estimate of drug-likeness (QED) is 0.555. The number of benzene rings is 2. The Hall–Kier alpha value is -3.17. The number of rotatable bonds is 8. The van der Waals surface area contributed by atoms with Crippen molar-refractivity contribution in [2.75, 3.05) is 27.2 Å². The van der Waals surface area contributed by atoms with Crippen LogP contribution in [0.4, 0.5) is 16.2 Å². The van der Waals surface area contributed by atoms with E-state index < -0.39 is 12.1 Å². The fourth-order valence-electron chi connectivity index (χ4n) is 2.22. The topological polar surface area (TPSA) is 124 Å². The number of hydrogen-bond donors (Lipinski definition) is 3. The van der Waals surface area contributed by atoms with Crippen molar-refractivity contribution in [2.24, 2.45) is 10.2 Å². The molecule has 154 valence electrons. The third kappa shape index (κ3) is 6.44. The summed E-state index contributed by atoms with van der Waals surface area (Å²) in [5.41, 5.74) is 1.02. The highest BCUT2D eigenvalue weighted by atomic mass is 35.5. The zero-order chi connectivity index (χ0) is 21.4. The van der Waals surface area contributed by atoms with E-state index in [9.17, 15) is 14.7 Å². The Balaban J connectivity index is 2.02. The van der Waals surface area contributed by atoms with Gasteiger partial charge in [0.25, 0.3) is 0 Å². The molecule has 0 saturated carbocycles. The zero-order valence-electron chi connectivity index (χ0n) is 15.9. The lowest BCUT2D eigenvalue weighted by atomic mass is 10.2. The van der Waals surface area contributed by atoms with Gasteiger partial charge in [0, 0.05) is 20.1 Å². The minimum absolute atomic E-state index is 0.0554. The highest BCUT2D eigenvalue weighted by Gasteiger charge is 2.11. The van der Waals surface area contributed by atoms with Gasteiger partial charge in [-0.05, 0) is 42.9 Å². The second-order valence-corrected chi connectivity index (χ2v) is 6.48. The van der Waals surface area contributed by atoms with Gasteiger partial charge in [-0.3, -0.25) is 0 Å². The molecule has 2 rings (SSSR count). The number of aromatic hydroxyl groups is 1. The number of aromatic carboxylic acids is 1. The van der Waals surface area contributed by atoms with Gasteiger partial charge in [-0.2, -0.15) is 5.11 Å². The summed E-state index contributed by atoms with van der Waals surface area (Å²) in [6.45, 7) is 1.24. The monoisotopic (exact) mass is 420 g/mol. The number of carboxylic acids is 1. The molecular formula is C19H21ClN4O5. The number of carboxylic acid groups (broad SMARTS) is 1. The predicted octanol–water partition coefficient (Wildman–Crippen LogP) is 3.95. The predicted molar refractivity (Wildman–Crippen MR) is 107 cm³/mol. The first kappa shape index (κ1) is 22.1. The largest absolute Gasteiger partial charge is 0.507 e. The van der Waals surface area contributed by atoms with Crippen LogP contribution in [0.15, 0.2) is 46.6 Å². The van der Waals surface area contributed by atoms with Crippen molar-refractivity contribution in [2.45, 2.75) is 6.61 Å². The average molecular weight is 421 g/mol. The first-order valence-corrected chi connectivity index (χ1v) is 8.98. The summed E-state index contributed by atoms with van der Waals surface area (Å²) in [4.78, 5) is 24.4. The van der Waals surface area contributed by atoms with Gasteiger partial charge in [0.05, 0.1) is 10.7 Å². The number of carbonyl (C=O) groups excluding carboxylic acids is 1. The lowest BCUT2D eigenvalue weighted by Crippen LogP contribution is -2.33. The molecule has 10 heteroatoms. The van der Waals surface area contributed by atoms with Crippen molar-refractivity contribution in [3.63, 3.8) is 0 Å². The fourth-order valence-corrected chi connectivity index (χ4v) is 2.46. The van der Waals surface area contributed by atoms with E-state index in [4.69, 9.17) is 21.4 Å². The molecule has 2 aromatic rings. The first-order valence-electron chi connectivity index (χ1n) is 8.60. The van der Waals surface area contributed by atoms with Crippen LogP contribution < -0.4 is 5.32 Å². The number of nitrogens with zero attached hydrogens (tertiary/aromatic N) is 3. The lowest BCUT2D eigenvalue weighted by Gasteiger charge is -2.16. The normalized spacial score (nSPS) is 10.9. The van der Waals surface area contributed by atoms with Crippen molar-refractivity contribution in [3.05, 3.63) is 52.5 Å². The Bertz CT molecular complexity index is 919. The Morgan fingerprint density at radius 1 is 1.21 bits per heavy atom. The van der Waals surface area contributed by atoms with Gasteiger partial charge in [0.15, 0.2) is 0 Å². The first-order chi connectivity index (χ1) is 13.8. The number of halogens is 1. The summed E-state index contributed by atoms with van der Waals surface area (Å²) in [6, 6.07) is 8.77. The van der Waals surface area contributed by atoms with E-state index in [0.717, 1.165) is 0 Å². The van der Waals surface area contributed by atoms with Crippen molar-refractivity contribution < 1.29 is 24.5 Å². The van der Waals surface area contributed by atoms with Crippen LogP contribution in [-0.4, -0.2) is 54.4 Å². The second kappa shape index (κ2) is 10.4. The Labute approximate surface area is 172 Å². The van der Waals surface area contributed by atoms with Crippen molar-refractivity contribution in [1.29, 1.82) is 0 Å². The molecule has 0 radical (unpaired) electrons. The fraction of sp³-hybridized carbons (Fsp3) is 0.263. The number of likely N-dealkylation sites (N-methyl/N-ethyl adjacent to an activating group) is 2. The summed E-state index contributed by atoms with van der Waals surface area (Å²) in [5, 5.41) is 29.7. The van der Waals surface area contributed by atoms with Crippen LogP contribution in [0.25, 0.3) is 0 Å². The van der Waals surface area contributed by atoms with Crippen LogP contribution in [0, 0.1) is 0 Å². The molecule has 0 aliphatic rings. The van der Waals surface area contributed by atoms with E-state index in [1.807, 2.05) is 0 Å². The molecule has 0 spiro atoms. The van der Waals surface area contributed by atoms with Crippen molar-refractivity contribution >= 4 is 35.0 Å². The molecular weight excluding hydrogens is 400 g/mol. The summed E-state index contributed by atoms with van der Waals surface area (Å²) < 4.78 is 5.23. The average Bonchev–Trinajstić information content (AvgIpc) is 2.70. The van der Waals surface area contributed by atoms with Crippen LogP contribution in [0.2, 0.25) is 5.02 Å². The van der Waals surface area contributed by atoms with Gasteiger partial charge >= 0.3 is 12.1 Å². The van der Waals surface area contributed by atoms with Gasteiger partial charge < -0.3 is 25.2 Å². The summed E-state index contributed by atoms with van der Waals surface area (Å²) in [6.07, 6.45) is -0.443. The molecule has 0 bridgehead atoms. The number of phenols is 1. The summed E-state index contributed by atoms with van der Waals surface area (Å²) in [5.74, 6) is -1.63. The zero-order valence-corrected chi connectivity index (χ0v) is 16.7. The molecule has 0 atom stereocenters. The molecule has 0 aliphatic carbocycles. The SMILES string of the molecule is CNCCN(C)C(=O)OCc1ccc(N=Nc2ccc(O)c(C(=O)O)c2)c(Cl)c1. The number of azo groups is 1. The molecule has 2 aromatic carbocycles. The molecule has 0 unspecified atom stereocenters. The van der Waals surface area contributed by atoms with E-state index in [2.05, 4.69) is 15.5 Å². The van der Waals surface area contributed by atoms with E-state index in [1.165, 1.54) is 23.1 Å². The lowest BCUT2D eigenvalue weighted by molar-refractivity contribution is 0.0693. The number of hydrogen-bond acceptors (Lipinski definition) is 7. The maximum absolute atomic E-state index is 11.9. The highest BCUT2D eigenvalue weighted by molar-refractivity contribution is 6.33. The van der Waals surface area contributed by atoms with Crippen molar-refractivity contribution in [1.82, 2.24) is 10.2 Å². The molecule has 0 heterocycles. The van der Waals surface area contributed by atoms with Gasteiger partial charge in [-0.15, -0.1) is 5.11 Å². The second-order valence-electron chi connectivity index (χ2n) is 6.07. The van der Waals surface area contributed by atoms with Gasteiger partial charge in [-0.25, -0.2) is 9.59 Å². The number of ether oxygens (including phenoxy) is 1. The van der Waals surface area contributed by atoms with Gasteiger partial charge in [0.1, 0.15) is 23.6 Å². The van der Waals surface area contributed by atoms with E-state index >= 15 is 0 Å². The van der Waals surface area contributed by atoms with E-state index in [1.54, 1.807) is 32.3 Å². The van der Waals surface area contributed by atoms with Crippen LogP contribution >= 0.6 is 11.6 Å². The van der Waals surface area contributed by atoms with Crippen LogP contribution in [0.3, 0.4) is 0 Å². The molecule has 9 nitrogen and oxygen atoms in total. The van der Waals surface area contributed by atoms with E-state index in [0.29, 0.717) is 29.4 Å². The maximum atomic E-state index is 11.9. The van der Waals surface area contributed by atoms with Gasteiger partial charge in [0.2, 0.25) is 0 Å². The molecule has 0 fully saturated rings. The molecule has 29 heavy (non-hydrogen) atoms. The number of carbonyl (C=O) groups is 2. The van der Waals surface area contributed by atoms with Crippen molar-refractivity contribution in [3.8, 4) is 5.75 Å². The molecule has 1 amide bonds. The van der Waals surface area contributed by atoms with Crippen LogP contribution in [0.1, 0.15) is 15.9 Å². The third-order valence-electron chi connectivity index (χ3n) is 3.87. The number of nitrogens with one attached hydrogen (secondary N) is 1. The molecule has 0 aliphatic heterocycles. The minimum atomic E-state index is -1.27. The third-order valence-corrected chi connectivity index (χ3v) is 4.17. The smallest absolute Gasteiger partial charge is 0.409 e. The summed E-state index contributed by atoms with van der Waals surface area (Å²) >= 11 is 6.20. The van der Waals surface area contributed by atoms with E-state index in [-0.39, 0.29) is 23.6 Å². The maximum Gasteiger partial charge on any atom is 0.409 e. The number of amides is 1.